The van der Waals surface area contributed by atoms with E-state index in [2.05, 4.69) is 181 Å². The zero-order valence-corrected chi connectivity index (χ0v) is 27.3. The van der Waals surface area contributed by atoms with Gasteiger partial charge in [0.05, 0.1) is 21.9 Å². The van der Waals surface area contributed by atoms with E-state index in [9.17, 15) is 0 Å². The van der Waals surface area contributed by atoms with Gasteiger partial charge in [-0.2, -0.15) is 0 Å². The second-order valence-electron chi connectivity index (χ2n) is 13.2. The molecule has 0 atom stereocenters. The van der Waals surface area contributed by atoms with Gasteiger partial charge in [0, 0.05) is 32.9 Å². The third-order valence-corrected chi connectivity index (χ3v) is 10.0. The molecule has 0 saturated heterocycles. The van der Waals surface area contributed by atoms with Gasteiger partial charge < -0.3 is 8.98 Å². The first kappa shape index (κ1) is 27.8. The molecule has 0 aliphatic carbocycles. The van der Waals surface area contributed by atoms with E-state index in [1.165, 1.54) is 66.0 Å². The van der Waals surface area contributed by atoms with Gasteiger partial charge >= 0.3 is 0 Å². The Morgan fingerprint density at radius 1 is 0.388 bits per heavy atom. The monoisotopic (exact) mass is 628 g/mol. The number of aromatic nitrogens is 2. The van der Waals surface area contributed by atoms with Gasteiger partial charge in [0.15, 0.2) is 0 Å². The van der Waals surface area contributed by atoms with Gasteiger partial charge in [-0.25, -0.2) is 0 Å². The number of aryl methyl sites for hydroxylation is 2. The topological polar surface area (TPSA) is 23.0 Å². The Morgan fingerprint density at radius 2 is 0.878 bits per heavy atom. The molecule has 3 nitrogen and oxygen atoms in total. The van der Waals surface area contributed by atoms with E-state index in [0.717, 1.165) is 33.6 Å². The molecule has 0 N–H and O–H groups in total. The Morgan fingerprint density at radius 3 is 1.47 bits per heavy atom. The first-order valence-corrected chi connectivity index (χ1v) is 16.8. The van der Waals surface area contributed by atoms with Gasteiger partial charge in [0.2, 0.25) is 5.71 Å². The number of hydrogen-bond acceptors (Lipinski definition) is 1. The minimum Gasteiger partial charge on any atom is -0.439 e. The summed E-state index contributed by atoms with van der Waals surface area (Å²) in [5, 5.41) is 6.03. The summed E-state index contributed by atoms with van der Waals surface area (Å²) in [6.45, 7) is 4.29. The van der Waals surface area contributed by atoms with E-state index < -0.39 is 0 Å². The van der Waals surface area contributed by atoms with Crippen LogP contribution in [0.15, 0.2) is 162 Å². The molecule has 0 radical (unpaired) electrons. The number of furan rings is 1. The Labute approximate surface area is 283 Å². The number of benzene rings is 7. The van der Waals surface area contributed by atoms with Crippen LogP contribution in [0.2, 0.25) is 0 Å². The minimum absolute atomic E-state index is 0.882. The van der Waals surface area contributed by atoms with Gasteiger partial charge in [0.25, 0.3) is 0 Å². The molecular weight excluding hydrogens is 597 g/mol. The van der Waals surface area contributed by atoms with Crippen LogP contribution in [0, 0.1) is 13.8 Å². The van der Waals surface area contributed by atoms with Gasteiger partial charge in [-0.1, -0.05) is 96.1 Å². The van der Waals surface area contributed by atoms with E-state index in [0.29, 0.717) is 0 Å². The maximum atomic E-state index is 6.59. The van der Waals surface area contributed by atoms with Crippen molar-refractivity contribution in [1.29, 1.82) is 0 Å². The molecule has 0 spiro atoms. The molecule has 0 unspecified atom stereocenters. The lowest BCUT2D eigenvalue weighted by Crippen LogP contribution is -1.97. The fourth-order valence-electron chi connectivity index (χ4n) is 7.70. The Kier molecular flexibility index (Phi) is 6.00. The lowest BCUT2D eigenvalue weighted by molar-refractivity contribution is 0.645. The predicted octanol–water partition coefficient (Wildman–Crippen LogP) is 12.6. The van der Waals surface area contributed by atoms with Crippen molar-refractivity contribution in [2.24, 2.45) is 0 Å². The fourth-order valence-corrected chi connectivity index (χ4v) is 7.70. The highest BCUT2D eigenvalue weighted by molar-refractivity contribution is 6.20. The Hall–Kier alpha value is -6.32. The first-order valence-electron chi connectivity index (χ1n) is 16.8. The van der Waals surface area contributed by atoms with Crippen molar-refractivity contribution in [3.05, 3.63) is 169 Å². The molecule has 7 aromatic carbocycles. The standard InChI is InChI=1S/C46H32N2O/c1-29-13-21-43-39(25-29)45-40-26-30(2)14-24-44(40)49-46(45)48(43)36-19-17-35(18-20-36)47-41-22-15-33(31-9-5-3-6-10-31)27-37(41)38-28-34(16-23-42(38)47)32-11-7-4-8-12-32/h3-28H,1-2H3. The van der Waals surface area contributed by atoms with Crippen LogP contribution in [0.3, 0.4) is 0 Å². The summed E-state index contributed by atoms with van der Waals surface area (Å²) in [6.07, 6.45) is 0. The first-order chi connectivity index (χ1) is 24.1. The lowest BCUT2D eigenvalue weighted by atomic mass is 10.0. The predicted molar refractivity (Wildman–Crippen MR) is 205 cm³/mol. The average molecular weight is 629 g/mol. The number of rotatable bonds is 4. The van der Waals surface area contributed by atoms with Crippen molar-refractivity contribution in [1.82, 2.24) is 9.13 Å². The largest absolute Gasteiger partial charge is 0.439 e. The van der Waals surface area contributed by atoms with E-state index in [1.807, 2.05) is 0 Å². The molecule has 10 aromatic rings. The third kappa shape index (κ3) is 4.29. The summed E-state index contributed by atoms with van der Waals surface area (Å²) in [5.74, 6) is 0. The van der Waals surface area contributed by atoms with Crippen LogP contribution in [0.5, 0.6) is 0 Å². The summed E-state index contributed by atoms with van der Waals surface area (Å²) >= 11 is 0. The summed E-state index contributed by atoms with van der Waals surface area (Å²) in [6, 6.07) is 57.1. The van der Waals surface area contributed by atoms with Crippen LogP contribution in [0.4, 0.5) is 0 Å². The van der Waals surface area contributed by atoms with Crippen molar-refractivity contribution >= 4 is 54.8 Å². The highest BCUT2D eigenvalue weighted by Gasteiger charge is 2.20. The molecule has 0 amide bonds. The summed E-state index contributed by atoms with van der Waals surface area (Å²) < 4.78 is 11.3. The van der Waals surface area contributed by atoms with Gasteiger partial charge in [0.1, 0.15) is 5.58 Å². The fraction of sp³-hybridized carbons (Fsp3) is 0.0435. The SMILES string of the molecule is Cc1ccc2oc3c(c2c1)c1cc(C)ccc1n3-c1ccc(-n2c3ccc(-c4ccccc4)cc3c3cc(-c4ccccc4)ccc32)cc1. The van der Waals surface area contributed by atoms with E-state index in [4.69, 9.17) is 4.42 Å². The van der Waals surface area contributed by atoms with Crippen molar-refractivity contribution in [3.63, 3.8) is 0 Å². The van der Waals surface area contributed by atoms with Crippen LogP contribution >= 0.6 is 0 Å². The van der Waals surface area contributed by atoms with Crippen molar-refractivity contribution in [2.75, 3.05) is 0 Å². The van der Waals surface area contributed by atoms with Crippen LogP contribution in [0.25, 0.3) is 88.4 Å². The molecule has 0 aliphatic rings. The molecular formula is C46H32N2O. The summed E-state index contributed by atoms with van der Waals surface area (Å²) in [5.41, 5.74) is 14.8. The summed E-state index contributed by atoms with van der Waals surface area (Å²) in [4.78, 5) is 0. The molecule has 0 aliphatic heterocycles. The van der Waals surface area contributed by atoms with Crippen molar-refractivity contribution in [2.45, 2.75) is 13.8 Å². The molecule has 0 saturated carbocycles. The van der Waals surface area contributed by atoms with Gasteiger partial charge in [-0.05, 0) is 109 Å². The Balaban J connectivity index is 1.18. The highest BCUT2D eigenvalue weighted by Crippen LogP contribution is 2.41. The number of fused-ring (bicyclic) bond motifs is 8. The second kappa shape index (κ2) is 10.6. The molecule has 3 aromatic heterocycles. The van der Waals surface area contributed by atoms with Crippen LogP contribution in [0.1, 0.15) is 11.1 Å². The van der Waals surface area contributed by atoms with E-state index >= 15 is 0 Å². The van der Waals surface area contributed by atoms with Crippen LogP contribution in [-0.2, 0) is 0 Å². The smallest absolute Gasteiger partial charge is 0.213 e. The quantitative estimate of drug-likeness (QED) is 0.190. The van der Waals surface area contributed by atoms with E-state index in [-0.39, 0.29) is 0 Å². The normalized spacial score (nSPS) is 11.9. The average Bonchev–Trinajstić information content (AvgIpc) is 3.78. The molecule has 3 heteroatoms. The van der Waals surface area contributed by atoms with E-state index in [1.54, 1.807) is 0 Å². The minimum atomic E-state index is 0.882. The van der Waals surface area contributed by atoms with Gasteiger partial charge in [-0.3, -0.25) is 4.57 Å². The molecule has 49 heavy (non-hydrogen) atoms. The molecule has 232 valence electrons. The zero-order chi connectivity index (χ0) is 32.6. The zero-order valence-electron chi connectivity index (χ0n) is 27.3. The maximum absolute atomic E-state index is 6.59. The van der Waals surface area contributed by atoms with Crippen molar-refractivity contribution in [3.8, 4) is 33.6 Å². The van der Waals surface area contributed by atoms with Crippen molar-refractivity contribution < 1.29 is 4.42 Å². The molecule has 0 fully saturated rings. The molecule has 0 bridgehead atoms. The number of hydrogen-bond donors (Lipinski definition) is 0. The van der Waals surface area contributed by atoms with Crippen LogP contribution < -0.4 is 0 Å². The lowest BCUT2D eigenvalue weighted by Gasteiger charge is -2.11. The molecule has 10 rings (SSSR count). The van der Waals surface area contributed by atoms with Gasteiger partial charge in [-0.15, -0.1) is 0 Å². The second-order valence-corrected chi connectivity index (χ2v) is 13.2. The summed E-state index contributed by atoms with van der Waals surface area (Å²) in [7, 11) is 0. The third-order valence-electron chi connectivity index (χ3n) is 10.0. The number of nitrogens with zero attached hydrogens (tertiary/aromatic N) is 2. The highest BCUT2D eigenvalue weighted by atomic mass is 16.3. The molecule has 3 heterocycles. The Bertz CT molecular complexity index is 2770. The van der Waals surface area contributed by atoms with Crippen LogP contribution in [-0.4, -0.2) is 9.13 Å². The maximum Gasteiger partial charge on any atom is 0.213 e.